The largest absolute Gasteiger partial charge is 0.402 e. The van der Waals surface area contributed by atoms with Crippen LogP contribution in [-0.2, 0) is 0 Å². The molecule has 1 fully saturated rings. The zero-order valence-corrected chi connectivity index (χ0v) is 6.35. The Morgan fingerprint density at radius 2 is 2.20 bits per heavy atom. The third kappa shape index (κ3) is 1.59. The van der Waals surface area contributed by atoms with Gasteiger partial charge in [-0.1, -0.05) is 6.42 Å². The summed E-state index contributed by atoms with van der Waals surface area (Å²) in [5.41, 5.74) is 7.16. The smallest absolute Gasteiger partial charge is 0.0300 e. The molecule has 0 aliphatic heterocycles. The van der Waals surface area contributed by atoms with Crippen LogP contribution in [-0.4, -0.2) is 5.71 Å². The van der Waals surface area contributed by atoms with Gasteiger partial charge in [-0.2, -0.15) is 0 Å². The van der Waals surface area contributed by atoms with Crippen molar-refractivity contribution in [3.8, 4) is 0 Å². The molecule has 0 aromatic heterocycles. The van der Waals surface area contributed by atoms with Crippen molar-refractivity contribution in [1.82, 2.24) is 0 Å². The second-order valence-electron chi connectivity index (χ2n) is 2.96. The standard InChI is InChI=1S/C8H14N2/c1-6(9)5-8(10)7-3-2-4-7/h5,7,9H,2-4,10H2,1H3/b8-5-,9-6?. The molecule has 0 amide bonds. The lowest BCUT2D eigenvalue weighted by Gasteiger charge is -2.25. The van der Waals surface area contributed by atoms with E-state index in [9.17, 15) is 0 Å². The lowest BCUT2D eigenvalue weighted by atomic mass is 9.83. The molecule has 0 spiro atoms. The van der Waals surface area contributed by atoms with E-state index in [-0.39, 0.29) is 0 Å². The molecule has 1 rings (SSSR count). The van der Waals surface area contributed by atoms with Crippen LogP contribution < -0.4 is 5.73 Å². The van der Waals surface area contributed by atoms with Gasteiger partial charge in [-0.3, -0.25) is 0 Å². The molecule has 0 aromatic rings. The number of hydrogen-bond donors (Lipinski definition) is 2. The fourth-order valence-corrected chi connectivity index (χ4v) is 1.11. The van der Waals surface area contributed by atoms with E-state index in [0.717, 1.165) is 5.70 Å². The maximum Gasteiger partial charge on any atom is 0.0300 e. The third-order valence-corrected chi connectivity index (χ3v) is 1.96. The van der Waals surface area contributed by atoms with Crippen LogP contribution in [0.1, 0.15) is 26.2 Å². The maximum absolute atomic E-state index is 7.16. The van der Waals surface area contributed by atoms with Gasteiger partial charge in [0.05, 0.1) is 0 Å². The minimum Gasteiger partial charge on any atom is -0.402 e. The molecule has 1 aliphatic carbocycles. The molecule has 2 nitrogen and oxygen atoms in total. The predicted molar refractivity (Wildman–Crippen MR) is 43.0 cm³/mol. The number of rotatable bonds is 2. The van der Waals surface area contributed by atoms with E-state index in [2.05, 4.69) is 0 Å². The van der Waals surface area contributed by atoms with Gasteiger partial charge in [0.2, 0.25) is 0 Å². The molecule has 56 valence electrons. The highest BCUT2D eigenvalue weighted by Gasteiger charge is 2.19. The van der Waals surface area contributed by atoms with E-state index < -0.39 is 0 Å². The molecule has 10 heavy (non-hydrogen) atoms. The summed E-state index contributed by atoms with van der Waals surface area (Å²) < 4.78 is 0. The minimum absolute atomic E-state index is 0.560. The summed E-state index contributed by atoms with van der Waals surface area (Å²) in [5.74, 6) is 0.584. The van der Waals surface area contributed by atoms with Gasteiger partial charge in [0.1, 0.15) is 0 Å². The highest BCUT2D eigenvalue weighted by Crippen LogP contribution is 2.30. The van der Waals surface area contributed by atoms with Crippen LogP contribution in [0.15, 0.2) is 11.8 Å². The molecule has 0 unspecified atom stereocenters. The molecular weight excluding hydrogens is 124 g/mol. The van der Waals surface area contributed by atoms with Crippen LogP contribution in [0.3, 0.4) is 0 Å². The maximum atomic E-state index is 7.16. The average molecular weight is 138 g/mol. The molecule has 0 heterocycles. The van der Waals surface area contributed by atoms with E-state index in [1.54, 1.807) is 13.0 Å². The second-order valence-corrected chi connectivity index (χ2v) is 2.96. The first-order chi connectivity index (χ1) is 4.70. The summed E-state index contributed by atoms with van der Waals surface area (Å²) in [5, 5.41) is 7.16. The lowest BCUT2D eigenvalue weighted by Crippen LogP contribution is -2.19. The topological polar surface area (TPSA) is 49.9 Å². The van der Waals surface area contributed by atoms with Crippen LogP contribution in [0.4, 0.5) is 0 Å². The third-order valence-electron chi connectivity index (χ3n) is 1.96. The minimum atomic E-state index is 0.560. The van der Waals surface area contributed by atoms with Crippen molar-refractivity contribution >= 4 is 5.71 Å². The molecule has 1 saturated carbocycles. The first kappa shape index (κ1) is 7.32. The second kappa shape index (κ2) is 2.86. The summed E-state index contributed by atoms with van der Waals surface area (Å²) in [6, 6.07) is 0. The van der Waals surface area contributed by atoms with Crippen LogP contribution in [0, 0.1) is 11.3 Å². The van der Waals surface area contributed by atoms with Crippen LogP contribution in [0.25, 0.3) is 0 Å². The summed E-state index contributed by atoms with van der Waals surface area (Å²) in [6.07, 6.45) is 5.51. The highest BCUT2D eigenvalue weighted by molar-refractivity contribution is 5.90. The van der Waals surface area contributed by atoms with Gasteiger partial charge in [0.15, 0.2) is 0 Å². The van der Waals surface area contributed by atoms with E-state index in [1.807, 2.05) is 0 Å². The Bertz CT molecular complexity index is 166. The van der Waals surface area contributed by atoms with E-state index in [1.165, 1.54) is 19.3 Å². The van der Waals surface area contributed by atoms with Crippen molar-refractivity contribution in [2.45, 2.75) is 26.2 Å². The van der Waals surface area contributed by atoms with Gasteiger partial charge >= 0.3 is 0 Å². The fourth-order valence-electron chi connectivity index (χ4n) is 1.11. The quantitative estimate of drug-likeness (QED) is 0.560. The van der Waals surface area contributed by atoms with Gasteiger partial charge in [0.25, 0.3) is 0 Å². The number of allylic oxidation sites excluding steroid dienone is 2. The zero-order chi connectivity index (χ0) is 7.56. The Labute approximate surface area is 61.6 Å². The lowest BCUT2D eigenvalue weighted by molar-refractivity contribution is 0.365. The van der Waals surface area contributed by atoms with Crippen molar-refractivity contribution in [3.63, 3.8) is 0 Å². The fraction of sp³-hybridized carbons (Fsp3) is 0.625. The zero-order valence-electron chi connectivity index (χ0n) is 6.35. The molecule has 0 radical (unpaired) electrons. The van der Waals surface area contributed by atoms with Gasteiger partial charge < -0.3 is 11.1 Å². The number of nitrogens with one attached hydrogen (secondary N) is 1. The number of nitrogens with two attached hydrogens (primary N) is 1. The van der Waals surface area contributed by atoms with E-state index >= 15 is 0 Å². The van der Waals surface area contributed by atoms with Crippen molar-refractivity contribution in [2.75, 3.05) is 0 Å². The molecule has 0 bridgehead atoms. The van der Waals surface area contributed by atoms with Crippen LogP contribution >= 0.6 is 0 Å². The summed E-state index contributed by atoms with van der Waals surface area (Å²) in [6.45, 7) is 1.76. The summed E-state index contributed by atoms with van der Waals surface area (Å²) in [4.78, 5) is 0. The van der Waals surface area contributed by atoms with Crippen LogP contribution in [0.2, 0.25) is 0 Å². The van der Waals surface area contributed by atoms with Gasteiger partial charge in [-0.15, -0.1) is 0 Å². The van der Waals surface area contributed by atoms with Crippen molar-refractivity contribution in [1.29, 1.82) is 5.41 Å². The molecule has 2 heteroatoms. The molecule has 3 N–H and O–H groups in total. The van der Waals surface area contributed by atoms with Gasteiger partial charge in [-0.25, -0.2) is 0 Å². The normalized spacial score (nSPS) is 20.3. The molecule has 0 atom stereocenters. The van der Waals surface area contributed by atoms with Gasteiger partial charge in [-0.05, 0) is 31.8 Å². The Hall–Kier alpha value is -0.790. The molecule has 0 saturated heterocycles. The number of hydrogen-bond acceptors (Lipinski definition) is 2. The average Bonchev–Trinajstić information content (AvgIpc) is 1.55. The van der Waals surface area contributed by atoms with E-state index in [0.29, 0.717) is 11.6 Å². The monoisotopic (exact) mass is 138 g/mol. The Balaban J connectivity index is 2.45. The van der Waals surface area contributed by atoms with Crippen molar-refractivity contribution in [2.24, 2.45) is 11.7 Å². The Morgan fingerprint density at radius 1 is 1.60 bits per heavy atom. The van der Waals surface area contributed by atoms with E-state index in [4.69, 9.17) is 11.1 Å². The van der Waals surface area contributed by atoms with Crippen molar-refractivity contribution < 1.29 is 0 Å². The first-order valence-corrected chi connectivity index (χ1v) is 3.72. The molecule has 1 aliphatic rings. The van der Waals surface area contributed by atoms with Gasteiger partial charge in [0, 0.05) is 11.4 Å². The summed E-state index contributed by atoms with van der Waals surface area (Å²) in [7, 11) is 0. The SMILES string of the molecule is CC(=N)/C=C(\N)C1CCC1. The van der Waals surface area contributed by atoms with Crippen LogP contribution in [0.5, 0.6) is 0 Å². The highest BCUT2D eigenvalue weighted by atomic mass is 14.6. The Kier molecular flexibility index (Phi) is 2.10. The van der Waals surface area contributed by atoms with Crippen molar-refractivity contribution in [3.05, 3.63) is 11.8 Å². The predicted octanol–water partition coefficient (Wildman–Crippen LogP) is 1.67. The Morgan fingerprint density at radius 3 is 2.50 bits per heavy atom. The molecule has 0 aromatic carbocycles. The first-order valence-electron chi connectivity index (χ1n) is 3.72. The summed E-state index contributed by atoms with van der Waals surface area (Å²) >= 11 is 0. The molecular formula is C8H14N2.